The summed E-state index contributed by atoms with van der Waals surface area (Å²) in [5.74, 6) is 0.937. The first-order chi connectivity index (χ1) is 11.2. The van der Waals surface area contributed by atoms with Crippen LogP contribution in [0, 0.1) is 0 Å². The number of rotatable bonds is 10. The number of nitrogens with one attached hydrogen (secondary N) is 2. The van der Waals surface area contributed by atoms with Crippen LogP contribution < -0.4 is 10.6 Å². The van der Waals surface area contributed by atoms with Gasteiger partial charge in [0, 0.05) is 19.1 Å². The fourth-order valence-electron chi connectivity index (χ4n) is 3.19. The van der Waals surface area contributed by atoms with Gasteiger partial charge in [-0.3, -0.25) is 4.99 Å². The maximum Gasteiger partial charge on any atom is 0.191 e. The van der Waals surface area contributed by atoms with E-state index < -0.39 is 0 Å². The predicted molar refractivity (Wildman–Crippen MR) is 99.0 cm³/mol. The van der Waals surface area contributed by atoms with Gasteiger partial charge in [-0.05, 0) is 71.5 Å². The molecule has 0 bridgehead atoms. The molecule has 1 fully saturated rings. The monoisotopic (exact) mass is 326 g/mol. The van der Waals surface area contributed by atoms with Crippen LogP contribution in [-0.4, -0.2) is 60.8 Å². The van der Waals surface area contributed by atoms with E-state index in [2.05, 4.69) is 36.3 Å². The second-order valence-corrected chi connectivity index (χ2v) is 6.61. The molecular formula is C18H38N4O. The molecule has 136 valence electrons. The number of guanidine groups is 1. The van der Waals surface area contributed by atoms with Crippen molar-refractivity contribution in [1.29, 1.82) is 0 Å². The smallest absolute Gasteiger partial charge is 0.191 e. The molecule has 23 heavy (non-hydrogen) atoms. The van der Waals surface area contributed by atoms with Crippen molar-refractivity contribution in [3.05, 3.63) is 0 Å². The van der Waals surface area contributed by atoms with Gasteiger partial charge in [0.2, 0.25) is 0 Å². The van der Waals surface area contributed by atoms with Crippen molar-refractivity contribution in [3.63, 3.8) is 0 Å². The lowest BCUT2D eigenvalue weighted by molar-refractivity contribution is 0.120. The summed E-state index contributed by atoms with van der Waals surface area (Å²) in [5.41, 5.74) is 0. The molecule has 5 heteroatoms. The number of aliphatic hydroxyl groups excluding tert-OH is 1. The summed E-state index contributed by atoms with van der Waals surface area (Å²) in [6, 6.07) is 0.452. The highest BCUT2D eigenvalue weighted by molar-refractivity contribution is 5.80. The first-order valence-electron chi connectivity index (χ1n) is 9.64. The predicted octanol–water partition coefficient (Wildman–Crippen LogP) is 2.36. The van der Waals surface area contributed by atoms with Crippen LogP contribution in [0.15, 0.2) is 4.99 Å². The van der Waals surface area contributed by atoms with Crippen LogP contribution in [0.2, 0.25) is 0 Å². The van der Waals surface area contributed by atoms with E-state index >= 15 is 0 Å². The van der Waals surface area contributed by atoms with Gasteiger partial charge in [-0.2, -0.15) is 0 Å². The van der Waals surface area contributed by atoms with E-state index in [1.165, 1.54) is 25.9 Å². The summed E-state index contributed by atoms with van der Waals surface area (Å²) < 4.78 is 0. The number of nitrogens with zero attached hydrogens (tertiary/aromatic N) is 2. The molecule has 0 aromatic heterocycles. The fourth-order valence-corrected chi connectivity index (χ4v) is 3.19. The molecule has 1 aliphatic rings. The molecule has 0 aromatic carbocycles. The first kappa shape index (κ1) is 20.2. The van der Waals surface area contributed by atoms with E-state index in [9.17, 15) is 5.11 Å². The minimum Gasteiger partial charge on any atom is -0.393 e. The molecule has 0 aromatic rings. The van der Waals surface area contributed by atoms with Gasteiger partial charge in [0.1, 0.15) is 0 Å². The summed E-state index contributed by atoms with van der Waals surface area (Å²) in [4.78, 5) is 7.26. The zero-order valence-corrected chi connectivity index (χ0v) is 15.5. The maximum atomic E-state index is 9.60. The molecule has 1 rings (SSSR count). The Hall–Kier alpha value is -0.810. The molecule has 0 atom stereocenters. The highest BCUT2D eigenvalue weighted by Crippen LogP contribution is 2.18. The van der Waals surface area contributed by atoms with Crippen molar-refractivity contribution in [2.75, 3.05) is 32.7 Å². The van der Waals surface area contributed by atoms with E-state index in [1.807, 2.05) is 0 Å². The van der Waals surface area contributed by atoms with Gasteiger partial charge in [-0.25, -0.2) is 0 Å². The van der Waals surface area contributed by atoms with Gasteiger partial charge >= 0.3 is 0 Å². The Balaban J connectivity index is 2.33. The summed E-state index contributed by atoms with van der Waals surface area (Å²) in [5, 5.41) is 16.5. The van der Waals surface area contributed by atoms with Crippen LogP contribution >= 0.6 is 0 Å². The largest absolute Gasteiger partial charge is 0.393 e. The highest BCUT2D eigenvalue weighted by Gasteiger charge is 2.19. The lowest BCUT2D eigenvalue weighted by Gasteiger charge is -2.27. The van der Waals surface area contributed by atoms with Crippen molar-refractivity contribution in [3.8, 4) is 0 Å². The lowest BCUT2D eigenvalue weighted by Crippen LogP contribution is -2.45. The summed E-state index contributed by atoms with van der Waals surface area (Å²) >= 11 is 0. The molecule has 1 aliphatic carbocycles. The lowest BCUT2D eigenvalue weighted by atomic mass is 9.93. The SMILES string of the molecule is CCCN(CCC)CCCN=C(NCC)NC1CCC(O)CC1. The second-order valence-electron chi connectivity index (χ2n) is 6.61. The zero-order chi connectivity index (χ0) is 16.9. The van der Waals surface area contributed by atoms with Crippen molar-refractivity contribution in [2.24, 2.45) is 4.99 Å². The molecular weight excluding hydrogens is 288 g/mol. The zero-order valence-electron chi connectivity index (χ0n) is 15.5. The summed E-state index contributed by atoms with van der Waals surface area (Å²) in [6.45, 7) is 11.9. The van der Waals surface area contributed by atoms with Crippen LogP contribution in [0.4, 0.5) is 0 Å². The Morgan fingerprint density at radius 2 is 1.70 bits per heavy atom. The van der Waals surface area contributed by atoms with Gasteiger partial charge in [-0.15, -0.1) is 0 Å². The summed E-state index contributed by atoms with van der Waals surface area (Å²) in [6.07, 6.45) is 7.33. The number of aliphatic imine (C=N–C) groups is 1. The molecule has 0 aliphatic heterocycles. The normalized spacial score (nSPS) is 22.4. The topological polar surface area (TPSA) is 59.9 Å². The van der Waals surface area contributed by atoms with E-state index in [4.69, 9.17) is 4.99 Å². The van der Waals surface area contributed by atoms with Gasteiger partial charge < -0.3 is 20.6 Å². The van der Waals surface area contributed by atoms with Crippen molar-refractivity contribution >= 4 is 5.96 Å². The van der Waals surface area contributed by atoms with E-state index in [1.54, 1.807) is 0 Å². The average molecular weight is 327 g/mol. The first-order valence-corrected chi connectivity index (χ1v) is 9.64. The molecule has 0 amide bonds. The van der Waals surface area contributed by atoms with Crippen LogP contribution in [0.3, 0.4) is 0 Å². The van der Waals surface area contributed by atoms with Gasteiger partial charge in [0.25, 0.3) is 0 Å². The third kappa shape index (κ3) is 9.16. The molecule has 5 nitrogen and oxygen atoms in total. The molecule has 1 saturated carbocycles. The number of hydrogen-bond acceptors (Lipinski definition) is 3. The average Bonchev–Trinajstić information content (AvgIpc) is 2.54. The number of hydrogen-bond donors (Lipinski definition) is 3. The molecule has 3 N–H and O–H groups in total. The molecule has 0 spiro atoms. The van der Waals surface area contributed by atoms with Crippen LogP contribution in [0.5, 0.6) is 0 Å². The molecule has 0 saturated heterocycles. The van der Waals surface area contributed by atoms with Gasteiger partial charge in [-0.1, -0.05) is 13.8 Å². The third-order valence-corrected chi connectivity index (χ3v) is 4.36. The van der Waals surface area contributed by atoms with E-state index in [0.717, 1.165) is 57.7 Å². The maximum absolute atomic E-state index is 9.60. The quantitative estimate of drug-likeness (QED) is 0.328. The van der Waals surface area contributed by atoms with Gasteiger partial charge in [0.15, 0.2) is 5.96 Å². The highest BCUT2D eigenvalue weighted by atomic mass is 16.3. The molecule has 0 unspecified atom stereocenters. The van der Waals surface area contributed by atoms with E-state index in [0.29, 0.717) is 6.04 Å². The minimum atomic E-state index is -0.101. The minimum absolute atomic E-state index is 0.101. The van der Waals surface area contributed by atoms with Crippen molar-refractivity contribution in [2.45, 2.75) is 77.9 Å². The van der Waals surface area contributed by atoms with Crippen molar-refractivity contribution in [1.82, 2.24) is 15.5 Å². The molecule has 0 heterocycles. The summed E-state index contributed by atoms with van der Waals surface area (Å²) in [7, 11) is 0. The van der Waals surface area contributed by atoms with Crippen LogP contribution in [0.25, 0.3) is 0 Å². The third-order valence-electron chi connectivity index (χ3n) is 4.36. The fraction of sp³-hybridized carbons (Fsp3) is 0.944. The number of aliphatic hydroxyl groups is 1. The Morgan fingerprint density at radius 3 is 2.26 bits per heavy atom. The Labute approximate surface area is 142 Å². The Bertz CT molecular complexity index is 308. The Kier molecular flexibility index (Phi) is 11.1. The second kappa shape index (κ2) is 12.6. The van der Waals surface area contributed by atoms with Crippen molar-refractivity contribution < 1.29 is 5.11 Å². The van der Waals surface area contributed by atoms with Crippen LogP contribution in [0.1, 0.15) is 65.7 Å². The van der Waals surface area contributed by atoms with Gasteiger partial charge in [0.05, 0.1) is 6.10 Å². The van der Waals surface area contributed by atoms with Crippen LogP contribution in [-0.2, 0) is 0 Å². The molecule has 0 radical (unpaired) electrons. The standard InChI is InChI=1S/C18H38N4O/c1-4-13-22(14-5-2)15-7-12-20-18(19-6-3)21-16-8-10-17(23)11-9-16/h16-17,23H,4-15H2,1-3H3,(H2,19,20,21). The Morgan fingerprint density at radius 1 is 1.04 bits per heavy atom. The van der Waals surface area contributed by atoms with E-state index in [-0.39, 0.29) is 6.10 Å².